The van der Waals surface area contributed by atoms with E-state index in [1.807, 2.05) is 0 Å². The third kappa shape index (κ3) is 2.53. The topological polar surface area (TPSA) is 46.5 Å². The highest BCUT2D eigenvalue weighted by Gasteiger charge is 2.23. The van der Waals surface area contributed by atoms with Gasteiger partial charge in [-0.3, -0.25) is 0 Å². The molecule has 3 nitrogen and oxygen atoms in total. The fourth-order valence-corrected chi connectivity index (χ4v) is 3.45. The van der Waals surface area contributed by atoms with Gasteiger partial charge in [-0.15, -0.1) is 11.3 Å². The van der Waals surface area contributed by atoms with Crippen LogP contribution in [-0.4, -0.2) is 18.2 Å². The first-order chi connectivity index (χ1) is 10.9. The molecule has 0 aliphatic carbocycles. The predicted molar refractivity (Wildman–Crippen MR) is 80.6 cm³/mol. The number of carboxylic acids is 1. The number of fused-ring (bicyclic) bond motifs is 1. The number of benzene rings is 2. The van der Waals surface area contributed by atoms with E-state index in [4.69, 9.17) is 4.74 Å². The Labute approximate surface area is 132 Å². The first-order valence-corrected chi connectivity index (χ1v) is 7.22. The quantitative estimate of drug-likeness (QED) is 0.753. The van der Waals surface area contributed by atoms with Gasteiger partial charge < -0.3 is 9.84 Å². The lowest BCUT2D eigenvalue weighted by molar-refractivity contribution is 0.0703. The summed E-state index contributed by atoms with van der Waals surface area (Å²) in [6.07, 6.45) is 0. The van der Waals surface area contributed by atoms with Crippen LogP contribution in [0.1, 0.15) is 9.67 Å². The molecule has 1 heterocycles. The monoisotopic (exact) mass is 338 g/mol. The molecule has 1 aromatic heterocycles. The van der Waals surface area contributed by atoms with Gasteiger partial charge in [-0.1, -0.05) is 0 Å². The lowest BCUT2D eigenvalue weighted by Crippen LogP contribution is -1.98. The summed E-state index contributed by atoms with van der Waals surface area (Å²) >= 11 is 0.827. The normalized spacial score (nSPS) is 11.0. The average Bonchev–Trinajstić information content (AvgIpc) is 2.86. The molecule has 1 N–H and O–H groups in total. The van der Waals surface area contributed by atoms with Gasteiger partial charge in [-0.25, -0.2) is 18.0 Å². The van der Waals surface area contributed by atoms with Crippen molar-refractivity contribution in [2.45, 2.75) is 0 Å². The Morgan fingerprint density at radius 3 is 2.52 bits per heavy atom. The molecule has 0 saturated heterocycles. The van der Waals surface area contributed by atoms with Crippen molar-refractivity contribution < 1.29 is 27.8 Å². The van der Waals surface area contributed by atoms with Crippen LogP contribution >= 0.6 is 11.3 Å². The Balaban J connectivity index is 2.39. The third-order valence-corrected chi connectivity index (χ3v) is 4.50. The van der Waals surface area contributed by atoms with Gasteiger partial charge in [-0.05, 0) is 24.3 Å². The molecule has 7 heteroatoms. The molecule has 0 aliphatic rings. The van der Waals surface area contributed by atoms with Gasteiger partial charge in [-0.2, -0.15) is 0 Å². The van der Waals surface area contributed by atoms with Crippen molar-refractivity contribution in [3.63, 3.8) is 0 Å². The molecule has 0 unspecified atom stereocenters. The maximum Gasteiger partial charge on any atom is 0.346 e. The fraction of sp³-hybridized carbons (Fsp3) is 0.0625. The molecule has 0 saturated carbocycles. The minimum Gasteiger partial charge on any atom is -0.494 e. The zero-order valence-corrected chi connectivity index (χ0v) is 12.5. The van der Waals surface area contributed by atoms with Crippen LogP contribution in [0.3, 0.4) is 0 Å². The highest BCUT2D eigenvalue weighted by molar-refractivity contribution is 7.21. The highest BCUT2D eigenvalue weighted by atomic mass is 32.1. The van der Waals surface area contributed by atoms with E-state index in [0.29, 0.717) is 16.2 Å². The Hall–Kier alpha value is -2.54. The maximum atomic E-state index is 14.2. The maximum absolute atomic E-state index is 14.2. The second-order valence-electron chi connectivity index (χ2n) is 4.72. The molecular formula is C16H9F3O3S. The Morgan fingerprint density at radius 1 is 1.13 bits per heavy atom. The average molecular weight is 338 g/mol. The molecule has 3 aromatic rings. The van der Waals surface area contributed by atoms with Crippen molar-refractivity contribution in [2.75, 3.05) is 7.11 Å². The SMILES string of the molecule is COc1cc(-c2c(C(=O)O)sc3cc(F)ccc23)c(F)cc1F. The molecular weight excluding hydrogens is 329 g/mol. The summed E-state index contributed by atoms with van der Waals surface area (Å²) in [4.78, 5) is 11.3. The number of aromatic carboxylic acids is 1. The number of methoxy groups -OCH3 is 1. The van der Waals surface area contributed by atoms with Crippen molar-refractivity contribution in [1.29, 1.82) is 0 Å². The molecule has 118 valence electrons. The second kappa shape index (κ2) is 5.58. The molecule has 2 aromatic carbocycles. The van der Waals surface area contributed by atoms with Gasteiger partial charge in [0.1, 0.15) is 16.5 Å². The van der Waals surface area contributed by atoms with Gasteiger partial charge in [0.05, 0.1) is 7.11 Å². The van der Waals surface area contributed by atoms with Crippen molar-refractivity contribution in [2.24, 2.45) is 0 Å². The number of carbonyl (C=O) groups is 1. The largest absolute Gasteiger partial charge is 0.494 e. The van der Waals surface area contributed by atoms with Crippen molar-refractivity contribution in [3.05, 3.63) is 52.7 Å². The zero-order valence-electron chi connectivity index (χ0n) is 11.7. The van der Waals surface area contributed by atoms with Gasteiger partial charge in [0.25, 0.3) is 0 Å². The number of hydrogen-bond donors (Lipinski definition) is 1. The van der Waals surface area contributed by atoms with E-state index in [1.165, 1.54) is 19.2 Å². The minimum atomic E-state index is -1.27. The first-order valence-electron chi connectivity index (χ1n) is 6.41. The van der Waals surface area contributed by atoms with E-state index < -0.39 is 23.4 Å². The van der Waals surface area contributed by atoms with Crippen LogP contribution in [0.2, 0.25) is 0 Å². The molecule has 0 bridgehead atoms. The van der Waals surface area contributed by atoms with Gasteiger partial charge >= 0.3 is 5.97 Å². The molecule has 0 radical (unpaired) electrons. The summed E-state index contributed by atoms with van der Waals surface area (Å²) in [5.41, 5.74) is -0.0354. The van der Waals surface area contributed by atoms with Crippen LogP contribution in [0.15, 0.2) is 30.3 Å². The first kappa shape index (κ1) is 15.4. The van der Waals surface area contributed by atoms with Gasteiger partial charge in [0, 0.05) is 27.3 Å². The molecule has 23 heavy (non-hydrogen) atoms. The van der Waals surface area contributed by atoms with Crippen molar-refractivity contribution in [3.8, 4) is 16.9 Å². The predicted octanol–water partition coefficient (Wildman–Crippen LogP) is 4.69. The van der Waals surface area contributed by atoms with Crippen LogP contribution in [0.5, 0.6) is 5.75 Å². The van der Waals surface area contributed by atoms with Crippen LogP contribution in [0, 0.1) is 17.5 Å². The second-order valence-corrected chi connectivity index (χ2v) is 5.77. The number of thiophene rings is 1. The molecule has 0 aliphatic heterocycles. The summed E-state index contributed by atoms with van der Waals surface area (Å²) < 4.78 is 46.3. The highest BCUT2D eigenvalue weighted by Crippen LogP contribution is 2.41. The van der Waals surface area contributed by atoms with Crippen LogP contribution in [-0.2, 0) is 0 Å². The third-order valence-electron chi connectivity index (χ3n) is 3.36. The Kier molecular flexibility index (Phi) is 3.73. The minimum absolute atomic E-state index is 0.0771. The van der Waals surface area contributed by atoms with E-state index in [2.05, 4.69) is 0 Å². The van der Waals surface area contributed by atoms with Gasteiger partial charge in [0.15, 0.2) is 11.6 Å². The molecule has 0 fully saturated rings. The summed E-state index contributed by atoms with van der Waals surface area (Å²) in [6, 6.07) is 5.43. The number of hydrogen-bond acceptors (Lipinski definition) is 3. The summed E-state index contributed by atoms with van der Waals surface area (Å²) in [7, 11) is 1.22. The summed E-state index contributed by atoms with van der Waals surface area (Å²) in [6.45, 7) is 0. The van der Waals surface area contributed by atoms with Crippen LogP contribution in [0.4, 0.5) is 13.2 Å². The van der Waals surface area contributed by atoms with Gasteiger partial charge in [0.2, 0.25) is 0 Å². The standard InChI is InChI=1S/C16H9F3O3S/c1-22-12-5-9(10(18)6-11(12)19)14-8-3-2-7(17)4-13(8)23-15(14)16(20)21/h2-6H,1H3,(H,20,21). The van der Waals surface area contributed by atoms with E-state index in [9.17, 15) is 23.1 Å². The van der Waals surface area contributed by atoms with E-state index >= 15 is 0 Å². The van der Waals surface area contributed by atoms with Crippen LogP contribution < -0.4 is 4.74 Å². The molecule has 3 rings (SSSR count). The lowest BCUT2D eigenvalue weighted by Gasteiger charge is -2.08. The molecule has 0 atom stereocenters. The molecule has 0 spiro atoms. The van der Waals surface area contributed by atoms with Crippen molar-refractivity contribution in [1.82, 2.24) is 0 Å². The Bertz CT molecular complexity index is 934. The van der Waals surface area contributed by atoms with Crippen LogP contribution in [0.25, 0.3) is 21.2 Å². The number of carboxylic acid groups (broad SMARTS) is 1. The zero-order chi connectivity index (χ0) is 16.7. The number of halogens is 3. The Morgan fingerprint density at radius 2 is 1.87 bits per heavy atom. The van der Waals surface area contributed by atoms with E-state index in [-0.39, 0.29) is 21.8 Å². The van der Waals surface area contributed by atoms with E-state index in [0.717, 1.165) is 23.5 Å². The van der Waals surface area contributed by atoms with Crippen molar-refractivity contribution >= 4 is 27.4 Å². The lowest BCUT2D eigenvalue weighted by atomic mass is 10.0. The van der Waals surface area contributed by atoms with E-state index in [1.54, 1.807) is 0 Å². The fourth-order valence-electron chi connectivity index (χ4n) is 2.37. The summed E-state index contributed by atoms with van der Waals surface area (Å²) in [5.74, 6) is -3.83. The number of ether oxygens (including phenoxy) is 1. The molecule has 0 amide bonds. The number of rotatable bonds is 3. The summed E-state index contributed by atoms with van der Waals surface area (Å²) in [5, 5.41) is 9.73. The smallest absolute Gasteiger partial charge is 0.346 e.